The number of benzene rings is 1. The van der Waals surface area contributed by atoms with E-state index in [9.17, 15) is 4.79 Å². The zero-order valence-corrected chi connectivity index (χ0v) is 7.80. The van der Waals surface area contributed by atoms with Crippen molar-refractivity contribution in [3.8, 4) is 11.8 Å². The largest absolute Gasteiger partial charge is 0.429 e. The normalized spacial score (nSPS) is 8.92. The van der Waals surface area contributed by atoms with Crippen molar-refractivity contribution in [3.05, 3.63) is 23.8 Å². The van der Waals surface area contributed by atoms with Crippen LogP contribution in [0.5, 0.6) is 5.75 Å². The van der Waals surface area contributed by atoms with Crippen LogP contribution in [0.2, 0.25) is 0 Å². The molecule has 0 aliphatic heterocycles. The highest BCUT2D eigenvalue weighted by Gasteiger charge is 2.02. The van der Waals surface area contributed by atoms with Crippen molar-refractivity contribution in [3.63, 3.8) is 0 Å². The molecule has 0 N–H and O–H groups in total. The van der Waals surface area contributed by atoms with Crippen LogP contribution >= 0.6 is 11.8 Å². The first-order valence-corrected chi connectivity index (χ1v) is 4.72. The quantitative estimate of drug-likeness (QED) is 0.542. The number of hydrogen-bond acceptors (Lipinski definition) is 4. The van der Waals surface area contributed by atoms with Gasteiger partial charge in [0.1, 0.15) is 11.8 Å². The fourth-order valence-corrected chi connectivity index (χ4v) is 1.43. The van der Waals surface area contributed by atoms with E-state index in [1.165, 1.54) is 11.8 Å². The fourth-order valence-electron chi connectivity index (χ4n) is 0.903. The molecule has 1 aromatic rings. The molecule has 0 saturated heterocycles. The second kappa shape index (κ2) is 4.53. The summed E-state index contributed by atoms with van der Waals surface area (Å²) < 4.78 is 4.61. The van der Waals surface area contributed by atoms with Gasteiger partial charge in [-0.2, -0.15) is 5.26 Å². The Morgan fingerprint density at radius 3 is 2.92 bits per heavy atom. The standard InChI is InChI=1S/C9H7NO2S/c1-13-9-3-2-8(12-6-11)4-7(9)5-10/h2-4,6H,1H3. The van der Waals surface area contributed by atoms with Gasteiger partial charge in [0, 0.05) is 4.90 Å². The number of ether oxygens (including phenoxy) is 1. The van der Waals surface area contributed by atoms with Gasteiger partial charge in [0.15, 0.2) is 0 Å². The second-order valence-corrected chi connectivity index (χ2v) is 3.04. The maximum Gasteiger partial charge on any atom is 0.298 e. The number of thioether (sulfide) groups is 1. The van der Waals surface area contributed by atoms with Gasteiger partial charge in [0.25, 0.3) is 6.47 Å². The van der Waals surface area contributed by atoms with E-state index < -0.39 is 0 Å². The van der Waals surface area contributed by atoms with Crippen LogP contribution in [0.4, 0.5) is 0 Å². The molecule has 0 saturated carbocycles. The van der Waals surface area contributed by atoms with Crippen LogP contribution in [0.25, 0.3) is 0 Å². The Labute approximate surface area is 80.3 Å². The summed E-state index contributed by atoms with van der Waals surface area (Å²) in [4.78, 5) is 10.9. The number of nitrogens with zero attached hydrogens (tertiary/aromatic N) is 1. The number of rotatable bonds is 3. The molecule has 0 amide bonds. The third-order valence-corrected chi connectivity index (χ3v) is 2.27. The molecule has 0 radical (unpaired) electrons. The van der Waals surface area contributed by atoms with Gasteiger partial charge in [0.05, 0.1) is 5.56 Å². The Kier molecular flexibility index (Phi) is 3.35. The molecule has 4 heteroatoms. The third-order valence-electron chi connectivity index (χ3n) is 1.48. The summed E-state index contributed by atoms with van der Waals surface area (Å²) in [6.07, 6.45) is 1.89. The molecule has 0 heterocycles. The van der Waals surface area contributed by atoms with Gasteiger partial charge >= 0.3 is 0 Å². The minimum atomic E-state index is 0.343. The van der Waals surface area contributed by atoms with Gasteiger partial charge in [-0.05, 0) is 24.5 Å². The van der Waals surface area contributed by atoms with Crippen molar-refractivity contribution >= 4 is 18.2 Å². The fraction of sp³-hybridized carbons (Fsp3) is 0.111. The molecule has 3 nitrogen and oxygen atoms in total. The lowest BCUT2D eigenvalue weighted by molar-refractivity contribution is -0.120. The lowest BCUT2D eigenvalue weighted by Crippen LogP contribution is -1.89. The van der Waals surface area contributed by atoms with E-state index in [4.69, 9.17) is 5.26 Å². The predicted molar refractivity (Wildman–Crippen MR) is 49.6 cm³/mol. The predicted octanol–water partition coefficient (Wildman–Crippen LogP) is 1.82. The van der Waals surface area contributed by atoms with Crippen LogP contribution in [0.1, 0.15) is 5.56 Å². The van der Waals surface area contributed by atoms with Crippen LogP contribution in [-0.4, -0.2) is 12.7 Å². The summed E-state index contributed by atoms with van der Waals surface area (Å²) in [6.45, 7) is 0.343. The zero-order chi connectivity index (χ0) is 9.68. The highest BCUT2D eigenvalue weighted by Crippen LogP contribution is 2.23. The number of carbonyl (C=O) groups excluding carboxylic acids is 1. The second-order valence-electron chi connectivity index (χ2n) is 2.19. The van der Waals surface area contributed by atoms with Crippen LogP contribution < -0.4 is 4.74 Å². The highest BCUT2D eigenvalue weighted by molar-refractivity contribution is 7.98. The summed E-state index contributed by atoms with van der Waals surface area (Å²) in [5, 5.41) is 8.73. The Hall–Kier alpha value is -1.47. The lowest BCUT2D eigenvalue weighted by Gasteiger charge is -2.01. The van der Waals surface area contributed by atoms with Crippen molar-refractivity contribution in [1.29, 1.82) is 5.26 Å². The minimum absolute atomic E-state index is 0.343. The van der Waals surface area contributed by atoms with E-state index in [0.29, 0.717) is 17.8 Å². The Morgan fingerprint density at radius 1 is 1.62 bits per heavy atom. The van der Waals surface area contributed by atoms with E-state index in [0.717, 1.165) is 4.90 Å². The van der Waals surface area contributed by atoms with Crippen LogP contribution in [0, 0.1) is 11.3 Å². The molecule has 1 aromatic carbocycles. The molecule has 0 aliphatic rings. The molecular formula is C9H7NO2S. The lowest BCUT2D eigenvalue weighted by atomic mass is 10.2. The summed E-state index contributed by atoms with van der Waals surface area (Å²) >= 11 is 1.48. The maximum atomic E-state index is 10.0. The Morgan fingerprint density at radius 2 is 2.38 bits per heavy atom. The van der Waals surface area contributed by atoms with Crippen molar-refractivity contribution in [2.75, 3.05) is 6.26 Å². The topological polar surface area (TPSA) is 50.1 Å². The summed E-state index contributed by atoms with van der Waals surface area (Å²) in [6, 6.07) is 6.98. The monoisotopic (exact) mass is 193 g/mol. The molecule has 0 spiro atoms. The maximum absolute atomic E-state index is 10.0. The molecule has 0 unspecified atom stereocenters. The SMILES string of the molecule is CSc1ccc(OC=O)cc1C#N. The molecule has 66 valence electrons. The van der Waals surface area contributed by atoms with Crippen molar-refractivity contribution in [2.24, 2.45) is 0 Å². The van der Waals surface area contributed by atoms with Gasteiger partial charge < -0.3 is 4.74 Å². The van der Waals surface area contributed by atoms with Crippen molar-refractivity contribution < 1.29 is 9.53 Å². The summed E-state index contributed by atoms with van der Waals surface area (Å²) in [7, 11) is 0. The van der Waals surface area contributed by atoms with Crippen molar-refractivity contribution in [1.82, 2.24) is 0 Å². The van der Waals surface area contributed by atoms with E-state index in [-0.39, 0.29) is 0 Å². The van der Waals surface area contributed by atoms with Crippen LogP contribution in [0.15, 0.2) is 23.1 Å². The molecule has 1 rings (SSSR count). The van der Waals surface area contributed by atoms with E-state index >= 15 is 0 Å². The highest BCUT2D eigenvalue weighted by atomic mass is 32.2. The minimum Gasteiger partial charge on any atom is -0.429 e. The first kappa shape index (κ1) is 9.62. The average Bonchev–Trinajstić information content (AvgIpc) is 2.18. The third kappa shape index (κ3) is 2.23. The van der Waals surface area contributed by atoms with E-state index in [1.807, 2.05) is 12.3 Å². The number of nitriles is 1. The number of hydrogen-bond donors (Lipinski definition) is 0. The van der Waals surface area contributed by atoms with E-state index in [2.05, 4.69) is 4.74 Å². The van der Waals surface area contributed by atoms with Gasteiger partial charge in [-0.25, -0.2) is 0 Å². The van der Waals surface area contributed by atoms with Gasteiger partial charge in [-0.3, -0.25) is 4.79 Å². The first-order valence-electron chi connectivity index (χ1n) is 3.50. The molecule has 13 heavy (non-hydrogen) atoms. The first-order chi connectivity index (χ1) is 6.31. The van der Waals surface area contributed by atoms with Gasteiger partial charge in [0.2, 0.25) is 0 Å². The summed E-state index contributed by atoms with van der Waals surface area (Å²) in [5.41, 5.74) is 0.520. The van der Waals surface area contributed by atoms with Gasteiger partial charge in [-0.1, -0.05) is 0 Å². The number of carbonyl (C=O) groups is 1. The molecular weight excluding hydrogens is 186 g/mol. The smallest absolute Gasteiger partial charge is 0.298 e. The Bertz CT molecular complexity index is 357. The Balaban J connectivity index is 3.07. The molecule has 0 bridgehead atoms. The average molecular weight is 193 g/mol. The summed E-state index contributed by atoms with van der Waals surface area (Å²) in [5.74, 6) is 0.393. The van der Waals surface area contributed by atoms with Crippen LogP contribution in [0.3, 0.4) is 0 Å². The molecule has 0 atom stereocenters. The molecule has 0 aliphatic carbocycles. The van der Waals surface area contributed by atoms with Crippen molar-refractivity contribution in [2.45, 2.75) is 4.90 Å². The van der Waals surface area contributed by atoms with Gasteiger partial charge in [-0.15, -0.1) is 11.8 Å². The molecule has 0 aromatic heterocycles. The molecule has 0 fully saturated rings. The van der Waals surface area contributed by atoms with Crippen LogP contribution in [-0.2, 0) is 4.79 Å². The zero-order valence-electron chi connectivity index (χ0n) is 6.98. The van der Waals surface area contributed by atoms with E-state index in [1.54, 1.807) is 18.2 Å².